The van der Waals surface area contributed by atoms with Gasteiger partial charge < -0.3 is 29.5 Å². The van der Waals surface area contributed by atoms with Gasteiger partial charge in [-0.05, 0) is 62.1 Å². The lowest BCUT2D eigenvalue weighted by Crippen LogP contribution is -2.51. The minimum absolute atomic E-state index is 0.0230. The van der Waals surface area contributed by atoms with Crippen LogP contribution < -0.4 is 15.8 Å². The van der Waals surface area contributed by atoms with E-state index in [0.29, 0.717) is 24.3 Å². The number of alkyl halides is 3. The molecule has 2 aromatic carbocycles. The minimum atomic E-state index is -4.62. The molecule has 18 heteroatoms. The Labute approximate surface area is 311 Å². The molecule has 2 aliphatic heterocycles. The summed E-state index contributed by atoms with van der Waals surface area (Å²) in [6.07, 6.45) is -2.52. The number of rotatable bonds is 7. The van der Waals surface area contributed by atoms with Crippen LogP contribution in [0.1, 0.15) is 58.5 Å². The first-order valence-corrected chi connectivity index (χ1v) is 17.6. The van der Waals surface area contributed by atoms with Crippen LogP contribution in [-0.4, -0.2) is 83.7 Å². The van der Waals surface area contributed by atoms with E-state index in [1.54, 1.807) is 11.5 Å². The maximum Gasteiger partial charge on any atom is 0.416 e. The fourth-order valence-corrected chi connectivity index (χ4v) is 7.11. The van der Waals surface area contributed by atoms with Gasteiger partial charge in [-0.2, -0.15) is 22.7 Å². The Kier molecular flexibility index (Phi) is 9.78. The first-order chi connectivity index (χ1) is 25.7. The molecule has 5 aromatic rings. The predicted octanol–water partition coefficient (Wildman–Crippen LogP) is 4.83. The number of halogens is 4. The Bertz CT molecular complexity index is 2360. The number of nitrogens with one attached hydrogen (secondary N) is 1. The van der Waals surface area contributed by atoms with Crippen molar-refractivity contribution in [2.75, 3.05) is 43.0 Å². The second kappa shape index (κ2) is 14.4. The highest BCUT2D eigenvalue weighted by Crippen LogP contribution is 2.34. The van der Waals surface area contributed by atoms with E-state index in [-0.39, 0.29) is 90.4 Å². The lowest BCUT2D eigenvalue weighted by molar-refractivity contribution is -0.137. The van der Waals surface area contributed by atoms with Crippen LogP contribution in [-0.2, 0) is 35.1 Å². The zero-order chi connectivity index (χ0) is 38.5. The van der Waals surface area contributed by atoms with Crippen LogP contribution >= 0.6 is 11.6 Å². The van der Waals surface area contributed by atoms with Crippen LogP contribution in [0.15, 0.2) is 47.5 Å². The van der Waals surface area contributed by atoms with Crippen molar-refractivity contribution in [2.24, 2.45) is 0 Å². The van der Waals surface area contributed by atoms with Crippen molar-refractivity contribution in [3.8, 4) is 17.1 Å². The van der Waals surface area contributed by atoms with Crippen LogP contribution in [0.4, 0.5) is 24.5 Å². The summed E-state index contributed by atoms with van der Waals surface area (Å²) in [5.41, 5.74) is 2.18. The van der Waals surface area contributed by atoms with Gasteiger partial charge in [0, 0.05) is 31.7 Å². The summed E-state index contributed by atoms with van der Waals surface area (Å²) in [5.74, 6) is -1.07. The number of fused-ring (bicyclic) bond motifs is 2. The van der Waals surface area contributed by atoms with Crippen LogP contribution in [0, 0.1) is 6.92 Å². The van der Waals surface area contributed by atoms with Gasteiger partial charge in [-0.15, -0.1) is 5.10 Å². The van der Waals surface area contributed by atoms with Gasteiger partial charge in [0.2, 0.25) is 11.7 Å². The Balaban J connectivity index is 1.26. The van der Waals surface area contributed by atoms with Crippen molar-refractivity contribution in [3.63, 3.8) is 0 Å². The quantitative estimate of drug-likeness (QED) is 0.235. The smallest absolute Gasteiger partial charge is 0.416 e. The van der Waals surface area contributed by atoms with Crippen molar-refractivity contribution in [2.45, 2.75) is 52.4 Å². The number of nitrogens with zero attached hydrogens (tertiary/aromatic N) is 8. The maximum atomic E-state index is 14.4. The van der Waals surface area contributed by atoms with E-state index in [2.05, 4.69) is 20.4 Å². The van der Waals surface area contributed by atoms with Gasteiger partial charge in [0.1, 0.15) is 18.6 Å². The molecule has 1 saturated heterocycles. The van der Waals surface area contributed by atoms with Crippen molar-refractivity contribution < 1.29 is 32.6 Å². The van der Waals surface area contributed by atoms with Gasteiger partial charge in [-0.25, -0.2) is 9.97 Å². The number of benzene rings is 2. The third-order valence-corrected chi connectivity index (χ3v) is 10.0. The summed E-state index contributed by atoms with van der Waals surface area (Å²) in [6.45, 7) is 6.35. The number of amides is 2. The number of anilines is 2. The van der Waals surface area contributed by atoms with Gasteiger partial charge in [-0.3, -0.25) is 14.4 Å². The number of aryl methyl sites for hydroxylation is 1. The average molecular weight is 766 g/mol. The molecule has 0 spiro atoms. The molecule has 2 amide bonds. The van der Waals surface area contributed by atoms with E-state index in [0.717, 1.165) is 33.8 Å². The highest BCUT2D eigenvalue weighted by molar-refractivity contribution is 6.33. The standard InChI is InChI=1S/C36H35ClF3N9O5/c1-4-27-30(46-10-12-47(13-11-46)33(52)29-31(51)19(2)41-18-42-29)34(53)49-35(44-32(45-49)22-5-7-24-20(3)54-14-9-21(24)15-22)48(27)17-28(50)43-26-8-6-23(16-25(26)37)36(38,39)40/h5-8,15-16,18,20,51H,4,9-14,17H2,1-3H3,(H,43,50). The number of hydrogen-bond donors (Lipinski definition) is 2. The summed E-state index contributed by atoms with van der Waals surface area (Å²) in [4.78, 5) is 57.3. The molecule has 0 aliphatic carbocycles. The maximum absolute atomic E-state index is 14.4. The molecular weight excluding hydrogens is 731 g/mol. The number of hydrogen-bond acceptors (Lipinski definition) is 10. The molecule has 1 unspecified atom stereocenters. The molecule has 5 heterocycles. The predicted molar refractivity (Wildman–Crippen MR) is 192 cm³/mol. The van der Waals surface area contributed by atoms with E-state index in [1.165, 1.54) is 11.2 Å². The molecule has 0 saturated carbocycles. The van der Waals surface area contributed by atoms with E-state index in [1.807, 2.05) is 36.9 Å². The molecule has 1 fully saturated rings. The Hall–Kier alpha value is -5.55. The van der Waals surface area contributed by atoms with Gasteiger partial charge in [0.15, 0.2) is 17.3 Å². The Morgan fingerprint density at radius 2 is 1.85 bits per heavy atom. The topological polar surface area (TPSA) is 160 Å². The molecule has 2 aliphatic rings. The number of piperazine rings is 1. The monoisotopic (exact) mass is 765 g/mol. The average Bonchev–Trinajstić information content (AvgIpc) is 3.60. The SMILES string of the molecule is CCc1c(N2CCN(C(=O)c3ncnc(C)c3O)CC2)c(=O)n2nc(-c3ccc4c(c3)CCOC4C)nc2n1CC(=O)Nc1ccc(C(F)(F)F)cc1Cl. The zero-order valence-corrected chi connectivity index (χ0v) is 30.2. The molecule has 54 heavy (non-hydrogen) atoms. The van der Waals surface area contributed by atoms with Crippen molar-refractivity contribution in [1.82, 2.24) is 34.0 Å². The van der Waals surface area contributed by atoms with Gasteiger partial charge in [-0.1, -0.05) is 30.7 Å². The van der Waals surface area contributed by atoms with E-state index in [4.69, 9.17) is 21.3 Å². The fourth-order valence-electron chi connectivity index (χ4n) is 6.88. The van der Waals surface area contributed by atoms with Gasteiger partial charge >= 0.3 is 6.18 Å². The lowest BCUT2D eigenvalue weighted by Gasteiger charge is -2.36. The highest BCUT2D eigenvalue weighted by Gasteiger charge is 2.32. The number of ether oxygens (including phenoxy) is 1. The first-order valence-electron chi connectivity index (χ1n) is 17.2. The van der Waals surface area contributed by atoms with Crippen molar-refractivity contribution >= 4 is 40.6 Å². The number of carbonyl (C=O) groups excluding carboxylic acids is 2. The van der Waals surface area contributed by atoms with Crippen LogP contribution in [0.2, 0.25) is 5.02 Å². The molecule has 3 aromatic heterocycles. The lowest BCUT2D eigenvalue weighted by atomic mass is 9.96. The summed E-state index contributed by atoms with van der Waals surface area (Å²) in [7, 11) is 0. The first kappa shape index (κ1) is 36.8. The van der Waals surface area contributed by atoms with E-state index in [9.17, 15) is 32.7 Å². The third kappa shape index (κ3) is 6.84. The summed E-state index contributed by atoms with van der Waals surface area (Å²) in [6, 6.07) is 8.39. The summed E-state index contributed by atoms with van der Waals surface area (Å²) >= 11 is 6.15. The molecule has 282 valence electrons. The molecular formula is C36H35ClF3N9O5. The fraction of sp³-hybridized carbons (Fsp3) is 0.361. The zero-order valence-electron chi connectivity index (χ0n) is 29.4. The molecule has 14 nitrogen and oxygen atoms in total. The number of carbonyl (C=O) groups is 2. The largest absolute Gasteiger partial charge is 0.504 e. The van der Waals surface area contributed by atoms with Gasteiger partial charge in [0.05, 0.1) is 40.4 Å². The van der Waals surface area contributed by atoms with E-state index >= 15 is 0 Å². The summed E-state index contributed by atoms with van der Waals surface area (Å²) in [5, 5.41) is 17.3. The Morgan fingerprint density at radius 3 is 2.56 bits per heavy atom. The Morgan fingerprint density at radius 1 is 1.09 bits per heavy atom. The second-order valence-electron chi connectivity index (χ2n) is 13.0. The molecule has 1 atom stereocenters. The van der Waals surface area contributed by atoms with Crippen molar-refractivity contribution in [3.05, 3.63) is 91.9 Å². The third-order valence-electron chi connectivity index (χ3n) is 9.70. The normalized spacial score (nSPS) is 16.1. The van der Waals surface area contributed by atoms with Crippen molar-refractivity contribution in [1.29, 1.82) is 0 Å². The molecule has 2 N–H and O–H groups in total. The van der Waals surface area contributed by atoms with Crippen LogP contribution in [0.3, 0.4) is 0 Å². The van der Waals surface area contributed by atoms with Crippen LogP contribution in [0.25, 0.3) is 17.2 Å². The van der Waals surface area contributed by atoms with Crippen LogP contribution in [0.5, 0.6) is 5.75 Å². The number of aromatic hydroxyl groups is 1. The number of aromatic nitrogens is 6. The van der Waals surface area contributed by atoms with E-state index < -0.39 is 29.1 Å². The summed E-state index contributed by atoms with van der Waals surface area (Å²) < 4.78 is 48.3. The molecule has 0 radical (unpaired) electrons. The molecule has 0 bridgehead atoms. The molecule has 7 rings (SSSR count). The van der Waals surface area contributed by atoms with Gasteiger partial charge in [0.25, 0.3) is 11.5 Å². The highest BCUT2D eigenvalue weighted by atomic mass is 35.5. The minimum Gasteiger partial charge on any atom is -0.504 e. The second-order valence-corrected chi connectivity index (χ2v) is 13.4.